The van der Waals surface area contributed by atoms with Crippen LogP contribution in [-0.4, -0.2) is 9.59 Å². The Labute approximate surface area is 116 Å². The molecule has 0 aliphatic heterocycles. The second kappa shape index (κ2) is 5.07. The predicted molar refractivity (Wildman–Crippen MR) is 79.3 cm³/mol. The fraction of sp³-hybridized carbons (Fsp3) is 0.200. The van der Waals surface area contributed by atoms with E-state index in [2.05, 4.69) is 46.8 Å². The minimum atomic E-state index is -0.152. The Balaban J connectivity index is 2.14. The third-order valence-electron chi connectivity index (χ3n) is 3.36. The van der Waals surface area contributed by atoms with Crippen molar-refractivity contribution >= 4 is 22.3 Å². The predicted octanol–water partition coefficient (Wildman–Crippen LogP) is 3.30. The van der Waals surface area contributed by atoms with Crippen LogP contribution in [0, 0.1) is 0 Å². The fourth-order valence-corrected chi connectivity index (χ4v) is 3.12. The second-order valence-corrected chi connectivity index (χ2v) is 5.27. The molecule has 0 spiro atoms. The van der Waals surface area contributed by atoms with Gasteiger partial charge in [-0.1, -0.05) is 53.9 Å². The summed E-state index contributed by atoms with van der Waals surface area (Å²) in [5.74, 6) is 0. The van der Waals surface area contributed by atoms with Gasteiger partial charge in [-0.05, 0) is 34.3 Å². The summed E-state index contributed by atoms with van der Waals surface area (Å²) in [5, 5.41) is 6.57. The number of nitrogens with zero attached hydrogens (tertiary/aromatic N) is 2. The molecule has 1 aromatic heterocycles. The van der Waals surface area contributed by atoms with E-state index in [1.54, 1.807) is 0 Å². The second-order valence-electron chi connectivity index (χ2n) is 4.48. The Kier molecular flexibility index (Phi) is 3.27. The van der Waals surface area contributed by atoms with E-state index in [1.807, 2.05) is 12.1 Å². The summed E-state index contributed by atoms with van der Waals surface area (Å²) >= 11 is 1.40. The van der Waals surface area contributed by atoms with Gasteiger partial charge in [0, 0.05) is 0 Å². The van der Waals surface area contributed by atoms with Crippen molar-refractivity contribution in [3.8, 4) is 0 Å². The highest BCUT2D eigenvalue weighted by molar-refractivity contribution is 7.05. The first-order valence-electron chi connectivity index (χ1n) is 6.35. The first kappa shape index (κ1) is 12.3. The Morgan fingerprint density at radius 1 is 1.16 bits per heavy atom. The number of hydrogen-bond donors (Lipinski definition) is 1. The molecule has 0 saturated carbocycles. The van der Waals surface area contributed by atoms with Crippen LogP contribution in [-0.2, 0) is 6.42 Å². The first-order valence-corrected chi connectivity index (χ1v) is 7.13. The average Bonchev–Trinajstić information content (AvgIpc) is 2.94. The zero-order valence-corrected chi connectivity index (χ0v) is 11.5. The van der Waals surface area contributed by atoms with E-state index < -0.39 is 0 Å². The Morgan fingerprint density at radius 2 is 1.95 bits per heavy atom. The number of rotatable bonds is 3. The van der Waals surface area contributed by atoms with Crippen LogP contribution in [0.15, 0.2) is 42.5 Å². The molecule has 3 aromatic rings. The number of nitrogens with two attached hydrogens (primary N) is 1. The van der Waals surface area contributed by atoms with E-state index in [1.165, 1.54) is 22.3 Å². The zero-order chi connectivity index (χ0) is 13.2. The molecule has 0 radical (unpaired) electrons. The standard InChI is InChI=1S/C15H15N3S/c1-2-13-15(19-18-17-13)14(16)12-9-5-7-10-6-3-4-8-11(10)12/h3-9,14H,2,16H2,1H3. The van der Waals surface area contributed by atoms with Crippen LogP contribution in [0.2, 0.25) is 0 Å². The van der Waals surface area contributed by atoms with Gasteiger partial charge in [0.2, 0.25) is 0 Å². The van der Waals surface area contributed by atoms with E-state index in [-0.39, 0.29) is 6.04 Å². The molecule has 0 fully saturated rings. The summed E-state index contributed by atoms with van der Waals surface area (Å²) in [5.41, 5.74) is 8.58. The molecule has 3 rings (SSSR count). The molecule has 0 amide bonds. The fourth-order valence-electron chi connectivity index (χ4n) is 2.36. The smallest absolute Gasteiger partial charge is 0.0804 e. The van der Waals surface area contributed by atoms with Crippen molar-refractivity contribution in [2.24, 2.45) is 5.73 Å². The summed E-state index contributed by atoms with van der Waals surface area (Å²) in [4.78, 5) is 1.07. The maximum absolute atomic E-state index is 6.43. The van der Waals surface area contributed by atoms with E-state index in [0.29, 0.717) is 0 Å². The number of benzene rings is 2. The summed E-state index contributed by atoms with van der Waals surface area (Å²) in [6.45, 7) is 2.08. The first-order chi connectivity index (χ1) is 9.31. The Bertz CT molecular complexity index is 700. The highest BCUT2D eigenvalue weighted by Gasteiger charge is 2.18. The Hall–Kier alpha value is -1.78. The van der Waals surface area contributed by atoms with Crippen molar-refractivity contribution in [2.75, 3.05) is 0 Å². The van der Waals surface area contributed by atoms with Crippen molar-refractivity contribution in [1.29, 1.82) is 0 Å². The third kappa shape index (κ3) is 2.13. The van der Waals surface area contributed by atoms with Gasteiger partial charge in [-0.3, -0.25) is 0 Å². The molecule has 3 nitrogen and oxygen atoms in total. The molecular formula is C15H15N3S. The average molecular weight is 269 g/mol. The van der Waals surface area contributed by atoms with Crippen molar-refractivity contribution in [2.45, 2.75) is 19.4 Å². The van der Waals surface area contributed by atoms with Crippen LogP contribution in [0.3, 0.4) is 0 Å². The summed E-state index contributed by atoms with van der Waals surface area (Å²) in [6, 6.07) is 14.4. The van der Waals surface area contributed by atoms with Crippen molar-refractivity contribution in [3.05, 3.63) is 58.6 Å². The molecule has 1 atom stereocenters. The lowest BCUT2D eigenvalue weighted by Gasteiger charge is -2.13. The number of hydrogen-bond acceptors (Lipinski definition) is 4. The minimum absolute atomic E-state index is 0.152. The summed E-state index contributed by atoms with van der Waals surface area (Å²) in [6.07, 6.45) is 0.865. The third-order valence-corrected chi connectivity index (χ3v) is 4.21. The van der Waals surface area contributed by atoms with Crippen LogP contribution in [0.5, 0.6) is 0 Å². The normalized spacial score (nSPS) is 12.7. The molecule has 19 heavy (non-hydrogen) atoms. The van der Waals surface area contributed by atoms with Gasteiger partial charge in [0.15, 0.2) is 0 Å². The maximum atomic E-state index is 6.43. The summed E-state index contributed by atoms with van der Waals surface area (Å²) < 4.78 is 4.03. The van der Waals surface area contributed by atoms with E-state index in [0.717, 1.165) is 22.6 Å². The zero-order valence-electron chi connectivity index (χ0n) is 10.7. The lowest BCUT2D eigenvalue weighted by Crippen LogP contribution is -2.12. The largest absolute Gasteiger partial charge is 0.319 e. The molecule has 2 N–H and O–H groups in total. The van der Waals surface area contributed by atoms with Crippen LogP contribution < -0.4 is 5.73 Å². The quantitative estimate of drug-likeness (QED) is 0.793. The minimum Gasteiger partial charge on any atom is -0.319 e. The maximum Gasteiger partial charge on any atom is 0.0804 e. The van der Waals surface area contributed by atoms with Gasteiger partial charge in [-0.15, -0.1) is 5.10 Å². The van der Waals surface area contributed by atoms with E-state index in [9.17, 15) is 0 Å². The number of fused-ring (bicyclic) bond motifs is 1. The molecule has 0 bridgehead atoms. The molecule has 4 heteroatoms. The molecule has 0 aliphatic carbocycles. The van der Waals surface area contributed by atoms with Gasteiger partial charge in [0.05, 0.1) is 16.6 Å². The van der Waals surface area contributed by atoms with E-state index in [4.69, 9.17) is 5.73 Å². The lowest BCUT2D eigenvalue weighted by molar-refractivity contribution is 0.860. The highest BCUT2D eigenvalue weighted by atomic mass is 32.1. The molecule has 1 heterocycles. The van der Waals surface area contributed by atoms with Gasteiger partial charge < -0.3 is 5.73 Å². The van der Waals surface area contributed by atoms with Gasteiger partial charge in [0.25, 0.3) is 0 Å². The van der Waals surface area contributed by atoms with E-state index >= 15 is 0 Å². The Morgan fingerprint density at radius 3 is 2.79 bits per heavy atom. The van der Waals surface area contributed by atoms with Crippen LogP contribution in [0.25, 0.3) is 10.8 Å². The molecule has 1 unspecified atom stereocenters. The van der Waals surface area contributed by atoms with Crippen molar-refractivity contribution < 1.29 is 0 Å². The summed E-state index contributed by atoms with van der Waals surface area (Å²) in [7, 11) is 0. The molecule has 0 saturated heterocycles. The van der Waals surface area contributed by atoms with Crippen molar-refractivity contribution in [1.82, 2.24) is 9.59 Å². The SMILES string of the molecule is CCc1nnsc1C(N)c1cccc2ccccc12. The molecule has 96 valence electrons. The van der Waals surface area contributed by atoms with Gasteiger partial charge in [-0.25, -0.2) is 0 Å². The lowest BCUT2D eigenvalue weighted by atomic mass is 9.97. The monoisotopic (exact) mass is 269 g/mol. The van der Waals surface area contributed by atoms with Gasteiger partial charge in [0.1, 0.15) is 0 Å². The molecular weight excluding hydrogens is 254 g/mol. The van der Waals surface area contributed by atoms with Gasteiger partial charge >= 0.3 is 0 Å². The number of aromatic nitrogens is 2. The van der Waals surface area contributed by atoms with Gasteiger partial charge in [-0.2, -0.15) is 0 Å². The number of aryl methyl sites for hydroxylation is 1. The molecule has 2 aromatic carbocycles. The van der Waals surface area contributed by atoms with Crippen molar-refractivity contribution in [3.63, 3.8) is 0 Å². The van der Waals surface area contributed by atoms with Crippen LogP contribution >= 0.6 is 11.5 Å². The molecule has 0 aliphatic rings. The van der Waals surface area contributed by atoms with Crippen LogP contribution in [0.4, 0.5) is 0 Å². The van der Waals surface area contributed by atoms with Crippen LogP contribution in [0.1, 0.15) is 29.1 Å². The highest BCUT2D eigenvalue weighted by Crippen LogP contribution is 2.30. The topological polar surface area (TPSA) is 51.8 Å².